The molecular formula is C18H32N2O. The maximum Gasteiger partial charge on any atom is 0.0594 e. The minimum Gasteiger partial charge on any atom is -0.379 e. The fraction of sp³-hybridized carbons (Fsp3) is 1.00. The van der Waals surface area contributed by atoms with E-state index < -0.39 is 0 Å². The van der Waals surface area contributed by atoms with Crippen molar-refractivity contribution in [1.82, 2.24) is 10.2 Å². The fourth-order valence-electron chi connectivity index (χ4n) is 6.95. The average Bonchev–Trinajstić information content (AvgIpc) is 2.35. The predicted molar refractivity (Wildman–Crippen MR) is 85.4 cm³/mol. The normalized spacial score (nSPS) is 49.7. The summed E-state index contributed by atoms with van der Waals surface area (Å²) in [5.74, 6) is 0.993. The molecule has 0 spiro atoms. The first-order chi connectivity index (χ1) is 9.99. The van der Waals surface area contributed by atoms with Crippen LogP contribution < -0.4 is 5.32 Å². The van der Waals surface area contributed by atoms with Crippen molar-refractivity contribution < 1.29 is 4.74 Å². The lowest BCUT2D eigenvalue weighted by atomic mass is 9.43. The van der Waals surface area contributed by atoms with Crippen molar-refractivity contribution in [3.63, 3.8) is 0 Å². The van der Waals surface area contributed by atoms with Crippen LogP contribution in [-0.2, 0) is 4.74 Å². The summed E-state index contributed by atoms with van der Waals surface area (Å²) in [4.78, 5) is 2.56. The third-order valence-electron chi connectivity index (χ3n) is 6.66. The first-order valence-electron chi connectivity index (χ1n) is 9.04. The van der Waals surface area contributed by atoms with E-state index >= 15 is 0 Å². The first kappa shape index (κ1) is 14.5. The molecule has 0 aromatic carbocycles. The summed E-state index contributed by atoms with van der Waals surface area (Å²) < 4.78 is 5.44. The molecule has 0 aromatic rings. The summed E-state index contributed by atoms with van der Waals surface area (Å²) in [5, 5.41) is 4.04. The number of nitrogens with zero attached hydrogens (tertiary/aromatic N) is 1. The van der Waals surface area contributed by atoms with Crippen molar-refractivity contribution in [1.29, 1.82) is 0 Å². The maximum absolute atomic E-state index is 5.44. The lowest BCUT2D eigenvalue weighted by molar-refractivity contribution is -0.118. The van der Waals surface area contributed by atoms with E-state index in [1.54, 1.807) is 0 Å². The van der Waals surface area contributed by atoms with Crippen LogP contribution in [0.5, 0.6) is 0 Å². The second-order valence-electron chi connectivity index (χ2n) is 9.29. The van der Waals surface area contributed by atoms with Gasteiger partial charge in [-0.05, 0) is 55.3 Å². The van der Waals surface area contributed by atoms with E-state index in [1.807, 2.05) is 0 Å². The van der Waals surface area contributed by atoms with Gasteiger partial charge >= 0.3 is 0 Å². The maximum atomic E-state index is 5.44. The van der Waals surface area contributed by atoms with E-state index in [4.69, 9.17) is 4.74 Å². The van der Waals surface area contributed by atoms with Crippen LogP contribution in [-0.4, -0.2) is 49.8 Å². The van der Waals surface area contributed by atoms with Gasteiger partial charge in [-0.3, -0.25) is 4.90 Å². The summed E-state index contributed by atoms with van der Waals surface area (Å²) >= 11 is 0. The molecular weight excluding hydrogens is 260 g/mol. The molecule has 5 rings (SSSR count). The molecule has 2 atom stereocenters. The second kappa shape index (κ2) is 4.94. The zero-order chi connectivity index (χ0) is 14.6. The highest BCUT2D eigenvalue weighted by atomic mass is 16.5. The fourth-order valence-corrected chi connectivity index (χ4v) is 6.95. The van der Waals surface area contributed by atoms with E-state index in [0.29, 0.717) is 16.4 Å². The van der Waals surface area contributed by atoms with Gasteiger partial charge in [0.25, 0.3) is 0 Å². The smallest absolute Gasteiger partial charge is 0.0594 e. The molecule has 1 heterocycles. The van der Waals surface area contributed by atoms with E-state index in [1.165, 1.54) is 51.6 Å². The van der Waals surface area contributed by atoms with E-state index in [0.717, 1.165) is 32.2 Å². The predicted octanol–water partition coefficient (Wildman–Crippen LogP) is 2.66. The van der Waals surface area contributed by atoms with Crippen molar-refractivity contribution in [3.05, 3.63) is 0 Å². The Labute approximate surface area is 129 Å². The topological polar surface area (TPSA) is 24.5 Å². The van der Waals surface area contributed by atoms with Crippen LogP contribution in [0.2, 0.25) is 0 Å². The van der Waals surface area contributed by atoms with E-state index in [2.05, 4.69) is 24.1 Å². The van der Waals surface area contributed by atoms with Gasteiger partial charge in [0.1, 0.15) is 0 Å². The Hall–Kier alpha value is -0.120. The van der Waals surface area contributed by atoms with Crippen LogP contribution in [0.15, 0.2) is 0 Å². The van der Waals surface area contributed by atoms with Gasteiger partial charge in [0.2, 0.25) is 0 Å². The Morgan fingerprint density at radius 1 is 1.00 bits per heavy atom. The summed E-state index contributed by atoms with van der Waals surface area (Å²) in [5.41, 5.74) is 1.72. The molecule has 1 N–H and O–H groups in total. The quantitative estimate of drug-likeness (QED) is 0.862. The van der Waals surface area contributed by atoms with Crippen LogP contribution in [0.4, 0.5) is 0 Å². The third kappa shape index (κ3) is 2.77. The van der Waals surface area contributed by atoms with Crippen molar-refractivity contribution in [2.45, 2.75) is 57.9 Å². The van der Waals surface area contributed by atoms with Gasteiger partial charge in [0.15, 0.2) is 0 Å². The SMILES string of the molecule is CC12CC3CC(C)(C1)CC(NCCN1CCOCC1)(C3)C2. The molecule has 0 aromatic heterocycles. The van der Waals surface area contributed by atoms with Crippen molar-refractivity contribution in [3.8, 4) is 0 Å². The molecule has 0 amide bonds. The molecule has 120 valence electrons. The summed E-state index contributed by atoms with van der Waals surface area (Å²) in [6.07, 6.45) is 8.76. The van der Waals surface area contributed by atoms with Crippen LogP contribution >= 0.6 is 0 Å². The van der Waals surface area contributed by atoms with Gasteiger partial charge in [-0.1, -0.05) is 13.8 Å². The molecule has 3 heteroatoms. The molecule has 1 saturated heterocycles. The number of morpholine rings is 1. The van der Waals surface area contributed by atoms with Gasteiger partial charge in [0.05, 0.1) is 13.2 Å². The summed E-state index contributed by atoms with van der Waals surface area (Å²) in [6.45, 7) is 11.6. The molecule has 3 nitrogen and oxygen atoms in total. The lowest BCUT2D eigenvalue weighted by Crippen LogP contribution is -2.64. The number of nitrogens with one attached hydrogen (secondary N) is 1. The second-order valence-corrected chi connectivity index (χ2v) is 9.29. The monoisotopic (exact) mass is 292 g/mol. The number of ether oxygens (including phenoxy) is 1. The standard InChI is InChI=1S/C18H32N2O/c1-16-9-15-10-17(2,12-16)14-18(11-15,13-16)19-3-4-20-5-7-21-8-6-20/h15,19H,3-14H2,1-2H3. The highest BCUT2D eigenvalue weighted by molar-refractivity contribution is 5.14. The Morgan fingerprint density at radius 3 is 2.29 bits per heavy atom. The van der Waals surface area contributed by atoms with Crippen LogP contribution in [0.1, 0.15) is 52.4 Å². The highest BCUT2D eigenvalue weighted by Crippen LogP contribution is 2.66. The molecule has 2 unspecified atom stereocenters. The minimum absolute atomic E-state index is 0.467. The molecule has 4 aliphatic carbocycles. The Balaban J connectivity index is 1.38. The van der Waals surface area contributed by atoms with Gasteiger partial charge in [-0.2, -0.15) is 0 Å². The largest absolute Gasteiger partial charge is 0.379 e. The van der Waals surface area contributed by atoms with Gasteiger partial charge in [-0.25, -0.2) is 0 Å². The number of hydrogen-bond acceptors (Lipinski definition) is 3. The number of rotatable bonds is 4. The average molecular weight is 292 g/mol. The molecule has 4 saturated carbocycles. The molecule has 0 radical (unpaired) electrons. The molecule has 21 heavy (non-hydrogen) atoms. The molecule has 4 bridgehead atoms. The van der Waals surface area contributed by atoms with E-state index in [9.17, 15) is 0 Å². The zero-order valence-corrected chi connectivity index (χ0v) is 13.9. The summed E-state index contributed by atoms with van der Waals surface area (Å²) in [7, 11) is 0. The van der Waals surface area contributed by atoms with E-state index in [-0.39, 0.29) is 0 Å². The Morgan fingerprint density at radius 2 is 1.67 bits per heavy atom. The van der Waals surface area contributed by atoms with Crippen LogP contribution in [0.25, 0.3) is 0 Å². The van der Waals surface area contributed by atoms with Crippen molar-refractivity contribution in [2.75, 3.05) is 39.4 Å². The zero-order valence-electron chi connectivity index (χ0n) is 13.9. The van der Waals surface area contributed by atoms with Crippen LogP contribution in [0.3, 0.4) is 0 Å². The molecule has 1 aliphatic heterocycles. The third-order valence-corrected chi connectivity index (χ3v) is 6.66. The Kier molecular flexibility index (Phi) is 3.40. The van der Waals surface area contributed by atoms with Crippen LogP contribution in [0, 0.1) is 16.7 Å². The molecule has 5 fully saturated rings. The van der Waals surface area contributed by atoms with Gasteiger partial charge < -0.3 is 10.1 Å². The van der Waals surface area contributed by atoms with Crippen molar-refractivity contribution >= 4 is 0 Å². The minimum atomic E-state index is 0.467. The van der Waals surface area contributed by atoms with Gasteiger partial charge in [-0.15, -0.1) is 0 Å². The Bertz CT molecular complexity index is 386. The van der Waals surface area contributed by atoms with Crippen molar-refractivity contribution in [2.24, 2.45) is 16.7 Å². The first-order valence-corrected chi connectivity index (χ1v) is 9.04. The lowest BCUT2D eigenvalue weighted by Gasteiger charge is -2.65. The molecule has 5 aliphatic rings. The summed E-state index contributed by atoms with van der Waals surface area (Å²) in [6, 6.07) is 0. The number of hydrogen-bond donors (Lipinski definition) is 1. The highest BCUT2D eigenvalue weighted by Gasteiger charge is 2.59. The van der Waals surface area contributed by atoms with Gasteiger partial charge in [0, 0.05) is 31.7 Å².